The molecule has 0 spiro atoms. The number of aliphatic hydroxyl groups excluding tert-OH is 1. The highest BCUT2D eigenvalue weighted by molar-refractivity contribution is 5.97. The van der Waals surface area contributed by atoms with Crippen molar-refractivity contribution in [3.05, 3.63) is 63.7 Å². The van der Waals surface area contributed by atoms with Gasteiger partial charge in [0.2, 0.25) is 5.43 Å². The predicted molar refractivity (Wildman–Crippen MR) is 126 cm³/mol. The van der Waals surface area contributed by atoms with Crippen molar-refractivity contribution in [1.82, 2.24) is 14.9 Å². The Bertz CT molecular complexity index is 1470. The molecule has 1 aliphatic carbocycles. The van der Waals surface area contributed by atoms with Crippen LogP contribution in [0.25, 0.3) is 16.7 Å². The molecule has 14 heteroatoms. The predicted octanol–water partition coefficient (Wildman–Crippen LogP) is 3.07. The smallest absolute Gasteiger partial charge is 0.394 e. The van der Waals surface area contributed by atoms with Crippen molar-refractivity contribution in [2.24, 2.45) is 5.92 Å². The van der Waals surface area contributed by atoms with Gasteiger partial charge in [0.25, 0.3) is 5.91 Å². The molecule has 0 bridgehead atoms. The number of carbonyl (C=O) groups excluding carboxylic acids is 1. The van der Waals surface area contributed by atoms with Crippen molar-refractivity contribution in [3.8, 4) is 5.69 Å². The van der Waals surface area contributed by atoms with Gasteiger partial charge in [-0.1, -0.05) is 0 Å². The van der Waals surface area contributed by atoms with Crippen molar-refractivity contribution in [1.29, 1.82) is 0 Å². The van der Waals surface area contributed by atoms with Crippen molar-refractivity contribution >= 4 is 22.8 Å². The summed E-state index contributed by atoms with van der Waals surface area (Å²) in [4.78, 5) is 32.3. The first-order valence-corrected chi connectivity index (χ1v) is 12.0. The third-order valence-electron chi connectivity index (χ3n) is 6.70. The molecule has 1 saturated carbocycles. The van der Waals surface area contributed by atoms with Gasteiger partial charge in [-0.2, -0.15) is 13.2 Å². The lowest BCUT2D eigenvalue weighted by atomic mass is 10.1. The summed E-state index contributed by atoms with van der Waals surface area (Å²) in [6.45, 7) is 0.497. The van der Waals surface area contributed by atoms with Crippen molar-refractivity contribution < 1.29 is 41.0 Å². The van der Waals surface area contributed by atoms with Crippen molar-refractivity contribution in [2.45, 2.75) is 31.2 Å². The summed E-state index contributed by atoms with van der Waals surface area (Å²) in [6.07, 6.45) is -4.13. The summed E-state index contributed by atoms with van der Waals surface area (Å²) in [6, 6.07) is 1.20. The Balaban J connectivity index is 1.67. The molecular weight excluding hydrogens is 534 g/mol. The number of hydrogen-bond acceptors (Lipinski definition) is 6. The number of fused-ring (bicyclic) bond motifs is 1. The van der Waals surface area contributed by atoms with E-state index in [9.17, 15) is 41.0 Å². The van der Waals surface area contributed by atoms with E-state index in [1.807, 2.05) is 5.32 Å². The van der Waals surface area contributed by atoms with Gasteiger partial charge in [-0.25, -0.2) is 18.2 Å². The van der Waals surface area contributed by atoms with Crippen molar-refractivity contribution in [3.63, 3.8) is 0 Å². The van der Waals surface area contributed by atoms with E-state index < -0.39 is 64.3 Å². The quantitative estimate of drug-likeness (QED) is 0.454. The molecular formula is C25H22F6N4O4. The Labute approximate surface area is 216 Å². The number of nitrogens with zero attached hydrogens (tertiary/aromatic N) is 3. The number of halogens is 6. The zero-order chi connectivity index (χ0) is 28.1. The first-order chi connectivity index (χ1) is 18.5. The highest BCUT2D eigenvalue weighted by Gasteiger charge is 2.50. The fourth-order valence-electron chi connectivity index (χ4n) is 4.62. The number of aliphatic hydroxyl groups is 1. The minimum Gasteiger partial charge on any atom is -0.394 e. The number of ether oxygens (including phenoxy) is 1. The third-order valence-corrected chi connectivity index (χ3v) is 6.70. The second-order valence-electron chi connectivity index (χ2n) is 9.45. The molecule has 2 aliphatic rings. The second-order valence-corrected chi connectivity index (χ2v) is 9.45. The van der Waals surface area contributed by atoms with E-state index in [2.05, 4.69) is 4.98 Å². The van der Waals surface area contributed by atoms with E-state index in [4.69, 9.17) is 4.74 Å². The molecule has 5 rings (SSSR count). The van der Waals surface area contributed by atoms with Crippen LogP contribution in [0.1, 0.15) is 23.2 Å². The molecule has 1 saturated heterocycles. The summed E-state index contributed by atoms with van der Waals surface area (Å²) < 4.78 is 90.1. The number of rotatable bonds is 6. The van der Waals surface area contributed by atoms with Crippen LogP contribution < -0.4 is 15.6 Å². The third kappa shape index (κ3) is 5.30. The first-order valence-electron chi connectivity index (χ1n) is 12.0. The van der Waals surface area contributed by atoms with Gasteiger partial charge >= 0.3 is 6.18 Å². The summed E-state index contributed by atoms with van der Waals surface area (Å²) in [5, 5.41) is 11.0. The molecule has 2 N–H and O–H groups in total. The molecule has 39 heavy (non-hydrogen) atoms. The Morgan fingerprint density at radius 3 is 2.49 bits per heavy atom. The summed E-state index contributed by atoms with van der Waals surface area (Å²) in [5.74, 6) is -6.00. The maximum absolute atomic E-state index is 14.9. The van der Waals surface area contributed by atoms with E-state index in [1.54, 1.807) is 4.90 Å². The minimum atomic E-state index is -4.77. The zero-order valence-electron chi connectivity index (χ0n) is 20.1. The number of carbonyl (C=O) groups is 1. The summed E-state index contributed by atoms with van der Waals surface area (Å²) >= 11 is 0. The van der Waals surface area contributed by atoms with E-state index >= 15 is 0 Å². The number of aromatic nitrogens is 2. The highest BCUT2D eigenvalue weighted by Crippen LogP contribution is 2.40. The number of morpholine rings is 1. The van der Waals surface area contributed by atoms with Crippen LogP contribution in [0.2, 0.25) is 0 Å². The molecule has 1 aromatic carbocycles. The highest BCUT2D eigenvalue weighted by atomic mass is 19.4. The standard InChI is InChI=1S/C25H22F6N4O4/c26-13-7-17(27)20(18(28)8-13)35-10-16(24(38)33-22(12-1-2-12)25(29,30)31)21(37)15-3-4-19(32-23(15)35)34-5-6-39-14(9-34)11-36/h3-4,7-8,10,12,14,22,36H,1-2,5-6,9,11H2,(H,33,38). The number of pyridine rings is 2. The minimum absolute atomic E-state index is 0.207. The number of nitrogens with one attached hydrogen (secondary N) is 1. The van der Waals surface area contributed by atoms with Crippen LogP contribution in [0.15, 0.2) is 35.3 Å². The second kappa shape index (κ2) is 10.2. The molecule has 3 heterocycles. The molecule has 2 atom stereocenters. The monoisotopic (exact) mass is 556 g/mol. The van der Waals surface area contributed by atoms with Gasteiger partial charge in [0, 0.05) is 31.4 Å². The van der Waals surface area contributed by atoms with E-state index in [1.165, 1.54) is 12.1 Å². The van der Waals surface area contributed by atoms with Crippen LogP contribution >= 0.6 is 0 Å². The van der Waals surface area contributed by atoms with Gasteiger partial charge in [0.05, 0.1) is 24.7 Å². The van der Waals surface area contributed by atoms with Crippen LogP contribution in [0.4, 0.5) is 32.2 Å². The summed E-state index contributed by atoms with van der Waals surface area (Å²) in [7, 11) is 0. The normalized spacial score (nSPS) is 18.8. The van der Waals surface area contributed by atoms with E-state index in [0.717, 1.165) is 0 Å². The van der Waals surface area contributed by atoms with Gasteiger partial charge < -0.3 is 20.1 Å². The van der Waals surface area contributed by atoms with Gasteiger partial charge in [-0.05, 0) is 30.9 Å². The molecule has 2 fully saturated rings. The number of hydrogen-bond donors (Lipinski definition) is 2. The number of benzene rings is 1. The lowest BCUT2D eigenvalue weighted by Crippen LogP contribution is -2.48. The van der Waals surface area contributed by atoms with Crippen molar-refractivity contribution in [2.75, 3.05) is 31.2 Å². The summed E-state index contributed by atoms with van der Waals surface area (Å²) in [5.41, 5.74) is -3.01. The SMILES string of the molecule is O=C(NC(C1CC1)C(F)(F)F)c1cn(-c2c(F)cc(F)cc2F)c2nc(N3CCOC(CO)C3)ccc2c1=O. The molecule has 3 aromatic rings. The van der Waals surface area contributed by atoms with Crippen LogP contribution in [0, 0.1) is 23.4 Å². The average molecular weight is 556 g/mol. The molecule has 2 unspecified atom stereocenters. The maximum atomic E-state index is 14.9. The van der Waals surface area contributed by atoms with Gasteiger partial charge in [-0.3, -0.25) is 14.2 Å². The number of alkyl halides is 3. The number of anilines is 1. The van der Waals surface area contributed by atoms with Crippen LogP contribution in [-0.2, 0) is 4.74 Å². The fourth-order valence-corrected chi connectivity index (χ4v) is 4.62. The fraction of sp³-hybridized carbons (Fsp3) is 0.400. The lowest BCUT2D eigenvalue weighted by molar-refractivity contribution is -0.158. The Hall–Kier alpha value is -3.65. The largest absolute Gasteiger partial charge is 0.408 e. The lowest BCUT2D eigenvalue weighted by Gasteiger charge is -2.33. The molecule has 1 aliphatic heterocycles. The van der Waals surface area contributed by atoms with E-state index in [-0.39, 0.29) is 49.5 Å². The topological polar surface area (TPSA) is 96.7 Å². The van der Waals surface area contributed by atoms with Gasteiger partial charge in [0.1, 0.15) is 28.9 Å². The Morgan fingerprint density at radius 1 is 1.18 bits per heavy atom. The van der Waals surface area contributed by atoms with Crippen LogP contribution in [-0.4, -0.2) is 65.2 Å². The number of amides is 1. The average Bonchev–Trinajstić information content (AvgIpc) is 3.72. The Morgan fingerprint density at radius 2 is 1.87 bits per heavy atom. The van der Waals surface area contributed by atoms with Gasteiger partial charge in [0.15, 0.2) is 17.3 Å². The van der Waals surface area contributed by atoms with Crippen LogP contribution in [0.3, 0.4) is 0 Å². The molecule has 2 aromatic heterocycles. The Kier molecular flexibility index (Phi) is 7.01. The molecule has 0 radical (unpaired) electrons. The zero-order valence-corrected chi connectivity index (χ0v) is 20.1. The molecule has 8 nitrogen and oxygen atoms in total. The maximum Gasteiger partial charge on any atom is 0.408 e. The first kappa shape index (κ1) is 26.9. The van der Waals surface area contributed by atoms with Crippen LogP contribution in [0.5, 0.6) is 0 Å². The van der Waals surface area contributed by atoms with E-state index in [0.29, 0.717) is 29.4 Å². The molecule has 1 amide bonds. The van der Waals surface area contributed by atoms with Gasteiger partial charge in [-0.15, -0.1) is 0 Å². The molecule has 208 valence electrons.